The summed E-state index contributed by atoms with van der Waals surface area (Å²) in [7, 11) is 0. The zero-order chi connectivity index (χ0) is 16.2. The van der Waals surface area contributed by atoms with Crippen LogP contribution in [-0.4, -0.2) is 5.78 Å². The van der Waals surface area contributed by atoms with Crippen molar-refractivity contribution >= 4 is 5.78 Å². The van der Waals surface area contributed by atoms with Gasteiger partial charge in [-0.3, -0.25) is 4.79 Å². The fraction of sp³-hybridized carbons (Fsp3) is 0.619. The second kappa shape index (κ2) is 5.20. The van der Waals surface area contributed by atoms with E-state index in [1.54, 1.807) is 0 Å². The number of rotatable bonds is 0. The van der Waals surface area contributed by atoms with Crippen LogP contribution in [0.5, 0.6) is 0 Å². The van der Waals surface area contributed by atoms with Crippen molar-refractivity contribution in [3.63, 3.8) is 0 Å². The Kier molecular flexibility index (Phi) is 3.38. The molecule has 0 aliphatic heterocycles. The SMILES string of the molecule is Cc1c(C#N)ccc2c1CCC1C2CC[C@]2(C)C(=O)CCCC12. The predicted molar refractivity (Wildman–Crippen MR) is 90.1 cm³/mol. The summed E-state index contributed by atoms with van der Waals surface area (Å²) in [5.74, 6) is 2.37. The Hall–Kier alpha value is -1.62. The van der Waals surface area contributed by atoms with Gasteiger partial charge in [0.15, 0.2) is 0 Å². The lowest BCUT2D eigenvalue weighted by Crippen LogP contribution is -2.49. The van der Waals surface area contributed by atoms with Gasteiger partial charge in [0.05, 0.1) is 11.6 Å². The van der Waals surface area contributed by atoms with Crippen LogP contribution in [0.2, 0.25) is 0 Å². The number of hydrogen-bond donors (Lipinski definition) is 0. The molecule has 0 amide bonds. The fourth-order valence-corrected chi connectivity index (χ4v) is 5.93. The molecule has 23 heavy (non-hydrogen) atoms. The largest absolute Gasteiger partial charge is 0.299 e. The van der Waals surface area contributed by atoms with E-state index in [1.807, 2.05) is 6.07 Å². The summed E-state index contributed by atoms with van der Waals surface area (Å²) in [4.78, 5) is 12.6. The molecule has 4 atom stereocenters. The highest BCUT2D eigenvalue weighted by Gasteiger charge is 2.52. The zero-order valence-corrected chi connectivity index (χ0v) is 14.2. The lowest BCUT2D eigenvalue weighted by Gasteiger charge is -2.53. The molecule has 0 bridgehead atoms. The van der Waals surface area contributed by atoms with Crippen LogP contribution in [0.25, 0.3) is 0 Å². The van der Waals surface area contributed by atoms with Gasteiger partial charge in [-0.15, -0.1) is 0 Å². The van der Waals surface area contributed by atoms with Crippen LogP contribution in [0.1, 0.15) is 73.6 Å². The zero-order valence-electron chi connectivity index (χ0n) is 14.2. The molecule has 1 aromatic carbocycles. The first-order valence-electron chi connectivity index (χ1n) is 9.12. The third-order valence-electron chi connectivity index (χ3n) is 7.26. The summed E-state index contributed by atoms with van der Waals surface area (Å²) >= 11 is 0. The molecule has 3 unspecified atom stereocenters. The Morgan fingerprint density at radius 2 is 2.04 bits per heavy atom. The van der Waals surface area contributed by atoms with Crippen LogP contribution in [0.4, 0.5) is 0 Å². The van der Waals surface area contributed by atoms with Gasteiger partial charge >= 0.3 is 0 Å². The second-order valence-electron chi connectivity index (χ2n) is 8.10. The van der Waals surface area contributed by atoms with Crippen LogP contribution < -0.4 is 0 Å². The molecule has 3 aliphatic carbocycles. The van der Waals surface area contributed by atoms with Crippen molar-refractivity contribution in [3.05, 3.63) is 34.4 Å². The summed E-state index contributed by atoms with van der Waals surface area (Å²) in [6, 6.07) is 6.55. The van der Waals surface area contributed by atoms with E-state index in [-0.39, 0.29) is 5.41 Å². The summed E-state index contributed by atoms with van der Waals surface area (Å²) in [6.07, 6.45) is 7.58. The number of fused-ring (bicyclic) bond motifs is 5. The molecule has 0 heterocycles. The van der Waals surface area contributed by atoms with E-state index in [1.165, 1.54) is 29.5 Å². The summed E-state index contributed by atoms with van der Waals surface area (Å²) in [5.41, 5.74) is 4.87. The fourth-order valence-electron chi connectivity index (χ4n) is 5.93. The smallest absolute Gasteiger partial charge is 0.139 e. The molecule has 1 aromatic rings. The van der Waals surface area contributed by atoms with Crippen LogP contribution in [0.3, 0.4) is 0 Å². The number of ketones is 1. The van der Waals surface area contributed by atoms with Gasteiger partial charge in [-0.25, -0.2) is 0 Å². The number of hydrogen-bond acceptors (Lipinski definition) is 2. The maximum Gasteiger partial charge on any atom is 0.139 e. The highest BCUT2D eigenvalue weighted by Crippen LogP contribution is 2.58. The molecule has 2 fully saturated rings. The molecule has 120 valence electrons. The standard InChI is InChI=1S/C21H25NO/c1-13-14(12-22)6-7-16-15(13)8-9-18-17(16)10-11-21(2)19(18)4-3-5-20(21)23/h6-7,17-19H,3-5,8-11H2,1-2H3/t17?,18?,19?,21-/m0/s1. The quantitative estimate of drug-likeness (QED) is 0.698. The van der Waals surface area contributed by atoms with Crippen LogP contribution in [-0.2, 0) is 11.2 Å². The predicted octanol–water partition coefficient (Wildman–Crippen LogP) is 4.68. The van der Waals surface area contributed by atoms with Gasteiger partial charge in [-0.1, -0.05) is 13.0 Å². The van der Waals surface area contributed by atoms with E-state index in [0.29, 0.717) is 23.5 Å². The van der Waals surface area contributed by atoms with Gasteiger partial charge in [-0.2, -0.15) is 5.26 Å². The van der Waals surface area contributed by atoms with Gasteiger partial charge < -0.3 is 0 Å². The summed E-state index contributed by atoms with van der Waals surface area (Å²) in [5, 5.41) is 9.28. The van der Waals surface area contributed by atoms with Crippen LogP contribution in [0.15, 0.2) is 12.1 Å². The molecule has 0 N–H and O–H groups in total. The van der Waals surface area contributed by atoms with Crippen molar-refractivity contribution < 1.29 is 4.79 Å². The topological polar surface area (TPSA) is 40.9 Å². The van der Waals surface area contributed by atoms with Crippen molar-refractivity contribution in [3.8, 4) is 6.07 Å². The molecule has 2 saturated carbocycles. The molecule has 2 nitrogen and oxygen atoms in total. The number of carbonyl (C=O) groups is 1. The van der Waals surface area contributed by atoms with Gasteiger partial charge in [-0.05, 0) is 86.0 Å². The molecule has 2 heteroatoms. The number of benzene rings is 1. The van der Waals surface area contributed by atoms with E-state index in [9.17, 15) is 10.1 Å². The van der Waals surface area contributed by atoms with E-state index in [4.69, 9.17) is 0 Å². The number of nitriles is 1. The maximum atomic E-state index is 12.6. The van der Waals surface area contributed by atoms with Gasteiger partial charge in [0, 0.05) is 11.8 Å². The Labute approximate surface area is 138 Å². The van der Waals surface area contributed by atoms with E-state index in [0.717, 1.165) is 37.7 Å². The molecule has 0 aromatic heterocycles. The lowest BCUT2D eigenvalue weighted by molar-refractivity contribution is -0.140. The molecule has 3 aliphatic rings. The van der Waals surface area contributed by atoms with Gasteiger partial charge in [0.1, 0.15) is 5.78 Å². The van der Waals surface area contributed by atoms with Crippen LogP contribution >= 0.6 is 0 Å². The maximum absolute atomic E-state index is 12.6. The minimum atomic E-state index is -0.0570. The lowest BCUT2D eigenvalue weighted by atomic mass is 9.50. The van der Waals surface area contributed by atoms with Crippen LogP contribution in [0, 0.1) is 35.5 Å². The van der Waals surface area contributed by atoms with Crippen molar-refractivity contribution in [1.82, 2.24) is 0 Å². The minimum Gasteiger partial charge on any atom is -0.299 e. The minimum absolute atomic E-state index is 0.0570. The second-order valence-corrected chi connectivity index (χ2v) is 8.10. The van der Waals surface area contributed by atoms with Gasteiger partial charge in [0.25, 0.3) is 0 Å². The highest BCUT2D eigenvalue weighted by atomic mass is 16.1. The van der Waals surface area contributed by atoms with Crippen molar-refractivity contribution in [2.24, 2.45) is 17.3 Å². The Bertz CT molecular complexity index is 713. The number of Topliss-reactive ketones (excluding diaryl/α,β-unsaturated/α-hetero) is 1. The van der Waals surface area contributed by atoms with Crippen molar-refractivity contribution in [2.45, 2.75) is 64.7 Å². The van der Waals surface area contributed by atoms with Crippen molar-refractivity contribution in [2.75, 3.05) is 0 Å². The molecular formula is C21H25NO. The average molecular weight is 307 g/mol. The molecule has 0 saturated heterocycles. The third-order valence-corrected chi connectivity index (χ3v) is 7.26. The summed E-state index contributed by atoms with van der Waals surface area (Å²) in [6.45, 7) is 4.35. The first-order valence-corrected chi connectivity index (χ1v) is 9.12. The molecule has 0 spiro atoms. The van der Waals surface area contributed by atoms with E-state index in [2.05, 4.69) is 26.0 Å². The number of nitrogens with zero attached hydrogens (tertiary/aromatic N) is 1. The van der Waals surface area contributed by atoms with Crippen molar-refractivity contribution in [1.29, 1.82) is 5.26 Å². The monoisotopic (exact) mass is 307 g/mol. The molecular weight excluding hydrogens is 282 g/mol. The van der Waals surface area contributed by atoms with E-state index < -0.39 is 0 Å². The summed E-state index contributed by atoms with van der Waals surface area (Å²) < 4.78 is 0. The first-order chi connectivity index (χ1) is 11.1. The third kappa shape index (κ3) is 2.02. The van der Waals surface area contributed by atoms with Gasteiger partial charge in [0.2, 0.25) is 0 Å². The number of carbonyl (C=O) groups excluding carboxylic acids is 1. The highest BCUT2D eigenvalue weighted by molar-refractivity contribution is 5.85. The average Bonchev–Trinajstić information content (AvgIpc) is 2.56. The van der Waals surface area contributed by atoms with E-state index >= 15 is 0 Å². The Morgan fingerprint density at radius 3 is 2.83 bits per heavy atom. The Balaban J connectivity index is 1.74. The molecule has 0 radical (unpaired) electrons. The Morgan fingerprint density at radius 1 is 1.22 bits per heavy atom. The normalized spacial score (nSPS) is 35.7. The molecule has 4 rings (SSSR count). The first kappa shape index (κ1) is 14.9.